The second-order valence-corrected chi connectivity index (χ2v) is 5.97. The van der Waals surface area contributed by atoms with Gasteiger partial charge in [-0.2, -0.15) is 13.2 Å². The molecule has 0 radical (unpaired) electrons. The normalized spacial score (nSPS) is 28.1. The highest BCUT2D eigenvalue weighted by molar-refractivity contribution is 8.00. The Kier molecular flexibility index (Phi) is 4.48. The number of nitrogens with zero attached hydrogens (tertiary/aromatic N) is 2. The van der Waals surface area contributed by atoms with Gasteiger partial charge in [0.05, 0.1) is 11.6 Å². The highest BCUT2D eigenvalue weighted by Gasteiger charge is 2.47. The van der Waals surface area contributed by atoms with Crippen molar-refractivity contribution in [3.05, 3.63) is 0 Å². The van der Waals surface area contributed by atoms with Crippen LogP contribution in [0.4, 0.5) is 13.2 Å². The predicted octanol–water partition coefficient (Wildman–Crippen LogP) is 0.400. The molecule has 0 aromatic rings. The standard InChI is InChI=1S/C11H16F3N3O2S/c12-11(13,14)8-2-1-7(15)3-17(8)9(18)4-16-6-20-5-10(16)19/h7-8H,1-6,15H2. The van der Waals surface area contributed by atoms with E-state index in [1.807, 2.05) is 0 Å². The number of likely N-dealkylation sites (tertiary alicyclic amines) is 1. The van der Waals surface area contributed by atoms with Crippen LogP contribution in [-0.2, 0) is 9.59 Å². The Bertz CT molecular complexity index is 405. The number of carbonyl (C=O) groups is 2. The van der Waals surface area contributed by atoms with Gasteiger partial charge in [-0.3, -0.25) is 9.59 Å². The second kappa shape index (κ2) is 5.80. The summed E-state index contributed by atoms with van der Waals surface area (Å²) in [5.74, 6) is -0.275. The fourth-order valence-corrected chi connectivity index (χ4v) is 3.31. The molecule has 0 aliphatic carbocycles. The van der Waals surface area contributed by atoms with E-state index < -0.39 is 24.2 Å². The molecule has 2 saturated heterocycles. The van der Waals surface area contributed by atoms with Crippen LogP contribution in [0.15, 0.2) is 0 Å². The molecular weight excluding hydrogens is 295 g/mol. The van der Waals surface area contributed by atoms with E-state index in [-0.39, 0.29) is 37.6 Å². The van der Waals surface area contributed by atoms with E-state index in [0.717, 1.165) is 4.90 Å². The molecule has 0 aromatic heterocycles. The molecule has 114 valence electrons. The summed E-state index contributed by atoms with van der Waals surface area (Å²) in [4.78, 5) is 25.6. The lowest BCUT2D eigenvalue weighted by molar-refractivity contribution is -0.197. The van der Waals surface area contributed by atoms with Crippen molar-refractivity contribution in [2.45, 2.75) is 31.1 Å². The molecule has 2 unspecified atom stereocenters. The summed E-state index contributed by atoms with van der Waals surface area (Å²) in [6.07, 6.45) is -4.40. The monoisotopic (exact) mass is 311 g/mol. The Hall–Kier alpha value is -0.960. The minimum Gasteiger partial charge on any atom is -0.327 e. The van der Waals surface area contributed by atoms with Crippen molar-refractivity contribution in [2.24, 2.45) is 5.73 Å². The quantitative estimate of drug-likeness (QED) is 0.802. The summed E-state index contributed by atoms with van der Waals surface area (Å²) < 4.78 is 38.8. The fraction of sp³-hybridized carbons (Fsp3) is 0.818. The lowest BCUT2D eigenvalue weighted by Crippen LogP contribution is -2.58. The van der Waals surface area contributed by atoms with Crippen molar-refractivity contribution >= 4 is 23.6 Å². The van der Waals surface area contributed by atoms with Crippen LogP contribution in [-0.4, -0.2) is 64.6 Å². The van der Waals surface area contributed by atoms with Crippen LogP contribution < -0.4 is 5.73 Å². The number of carbonyl (C=O) groups excluding carboxylic acids is 2. The third-order valence-electron chi connectivity index (χ3n) is 3.47. The average Bonchev–Trinajstić information content (AvgIpc) is 2.73. The highest BCUT2D eigenvalue weighted by Crippen LogP contribution is 2.31. The summed E-state index contributed by atoms with van der Waals surface area (Å²) in [5.41, 5.74) is 5.66. The molecule has 9 heteroatoms. The zero-order valence-corrected chi connectivity index (χ0v) is 11.5. The van der Waals surface area contributed by atoms with Crippen LogP contribution in [0.3, 0.4) is 0 Å². The molecule has 2 atom stereocenters. The number of hydrogen-bond donors (Lipinski definition) is 1. The average molecular weight is 311 g/mol. The van der Waals surface area contributed by atoms with Gasteiger partial charge in [0.15, 0.2) is 0 Å². The molecule has 20 heavy (non-hydrogen) atoms. The first kappa shape index (κ1) is 15.4. The molecule has 2 amide bonds. The molecule has 2 aliphatic heterocycles. The minimum absolute atomic E-state index is 0.113. The minimum atomic E-state index is -4.46. The Labute approximate surface area is 118 Å². The Balaban J connectivity index is 2.05. The van der Waals surface area contributed by atoms with Crippen molar-refractivity contribution in [1.29, 1.82) is 0 Å². The Morgan fingerprint density at radius 1 is 1.40 bits per heavy atom. The number of amides is 2. The van der Waals surface area contributed by atoms with Gasteiger partial charge in [-0.05, 0) is 12.8 Å². The molecule has 2 rings (SSSR count). The van der Waals surface area contributed by atoms with Gasteiger partial charge >= 0.3 is 6.18 Å². The molecule has 2 heterocycles. The summed E-state index contributed by atoms with van der Waals surface area (Å²) in [6, 6.07) is -2.23. The highest BCUT2D eigenvalue weighted by atomic mass is 32.2. The zero-order chi connectivity index (χ0) is 14.9. The van der Waals surface area contributed by atoms with E-state index in [2.05, 4.69) is 0 Å². The number of piperidine rings is 1. The molecule has 2 N–H and O–H groups in total. The van der Waals surface area contributed by atoms with Crippen molar-refractivity contribution in [2.75, 3.05) is 24.7 Å². The smallest absolute Gasteiger partial charge is 0.327 e. The van der Waals surface area contributed by atoms with E-state index in [1.54, 1.807) is 0 Å². The zero-order valence-electron chi connectivity index (χ0n) is 10.7. The molecule has 0 saturated carbocycles. The van der Waals surface area contributed by atoms with E-state index in [1.165, 1.54) is 16.7 Å². The van der Waals surface area contributed by atoms with Crippen molar-refractivity contribution in [3.8, 4) is 0 Å². The first-order chi connectivity index (χ1) is 9.29. The number of hydrogen-bond acceptors (Lipinski definition) is 4. The lowest BCUT2D eigenvalue weighted by Gasteiger charge is -2.39. The first-order valence-electron chi connectivity index (χ1n) is 6.26. The molecular formula is C11H16F3N3O2S. The number of halogens is 3. The van der Waals surface area contributed by atoms with Crippen molar-refractivity contribution < 1.29 is 22.8 Å². The van der Waals surface area contributed by atoms with Crippen LogP contribution >= 0.6 is 11.8 Å². The fourth-order valence-electron chi connectivity index (χ4n) is 2.41. The van der Waals surface area contributed by atoms with Gasteiger partial charge in [0, 0.05) is 12.6 Å². The van der Waals surface area contributed by atoms with Crippen LogP contribution in [0.1, 0.15) is 12.8 Å². The van der Waals surface area contributed by atoms with Gasteiger partial charge in [0.1, 0.15) is 12.6 Å². The molecule has 2 aliphatic rings. The first-order valence-corrected chi connectivity index (χ1v) is 7.42. The molecule has 0 bridgehead atoms. The SMILES string of the molecule is NC1CCC(C(F)(F)F)N(C(=O)CN2CSCC2=O)C1. The van der Waals surface area contributed by atoms with Gasteiger partial charge < -0.3 is 15.5 Å². The Morgan fingerprint density at radius 2 is 2.10 bits per heavy atom. The number of nitrogens with two attached hydrogens (primary N) is 1. The summed E-state index contributed by atoms with van der Waals surface area (Å²) >= 11 is 1.34. The topological polar surface area (TPSA) is 66.6 Å². The van der Waals surface area contributed by atoms with E-state index >= 15 is 0 Å². The number of alkyl halides is 3. The maximum absolute atomic E-state index is 12.9. The second-order valence-electron chi connectivity index (χ2n) is 5.01. The maximum Gasteiger partial charge on any atom is 0.408 e. The third-order valence-corrected chi connectivity index (χ3v) is 4.41. The molecule has 5 nitrogen and oxygen atoms in total. The predicted molar refractivity (Wildman–Crippen MR) is 67.8 cm³/mol. The Morgan fingerprint density at radius 3 is 2.65 bits per heavy atom. The third kappa shape index (κ3) is 3.38. The molecule has 0 aromatic carbocycles. The van der Waals surface area contributed by atoms with Crippen molar-refractivity contribution in [1.82, 2.24) is 9.80 Å². The van der Waals surface area contributed by atoms with E-state index in [9.17, 15) is 22.8 Å². The molecule has 0 spiro atoms. The maximum atomic E-state index is 12.9. The van der Waals surface area contributed by atoms with E-state index in [4.69, 9.17) is 5.73 Å². The van der Waals surface area contributed by atoms with Crippen LogP contribution in [0, 0.1) is 0 Å². The molecule has 2 fully saturated rings. The van der Waals surface area contributed by atoms with Gasteiger partial charge in [0.2, 0.25) is 11.8 Å². The van der Waals surface area contributed by atoms with Crippen LogP contribution in [0.2, 0.25) is 0 Å². The van der Waals surface area contributed by atoms with E-state index in [0.29, 0.717) is 5.88 Å². The number of rotatable bonds is 2. The van der Waals surface area contributed by atoms with Gasteiger partial charge in [0.25, 0.3) is 0 Å². The van der Waals surface area contributed by atoms with Crippen LogP contribution in [0.25, 0.3) is 0 Å². The summed E-state index contributed by atoms with van der Waals surface area (Å²) in [5, 5.41) is 0. The van der Waals surface area contributed by atoms with Crippen LogP contribution in [0.5, 0.6) is 0 Å². The largest absolute Gasteiger partial charge is 0.408 e. The van der Waals surface area contributed by atoms with Gasteiger partial charge in [-0.15, -0.1) is 11.8 Å². The van der Waals surface area contributed by atoms with Gasteiger partial charge in [-0.1, -0.05) is 0 Å². The van der Waals surface area contributed by atoms with Crippen molar-refractivity contribution in [3.63, 3.8) is 0 Å². The summed E-state index contributed by atoms with van der Waals surface area (Å²) in [6.45, 7) is -0.413. The lowest BCUT2D eigenvalue weighted by atomic mass is 9.98. The van der Waals surface area contributed by atoms with Gasteiger partial charge in [-0.25, -0.2) is 0 Å². The summed E-state index contributed by atoms with van der Waals surface area (Å²) in [7, 11) is 0. The number of thioether (sulfide) groups is 1.